The van der Waals surface area contributed by atoms with E-state index in [4.69, 9.17) is 11.6 Å². The van der Waals surface area contributed by atoms with Gasteiger partial charge in [0.05, 0.1) is 5.69 Å². The molecule has 27 heavy (non-hydrogen) atoms. The fourth-order valence-electron chi connectivity index (χ4n) is 2.26. The van der Waals surface area contributed by atoms with Crippen LogP contribution in [-0.2, 0) is 11.2 Å². The Morgan fingerprint density at radius 3 is 2.37 bits per heavy atom. The normalized spacial score (nSPS) is 10.3. The van der Waals surface area contributed by atoms with Crippen LogP contribution in [0.5, 0.6) is 0 Å². The predicted octanol–water partition coefficient (Wildman–Crippen LogP) is 5.01. The van der Waals surface area contributed by atoms with Gasteiger partial charge in [0, 0.05) is 28.2 Å². The molecule has 0 fully saturated rings. The van der Waals surface area contributed by atoms with Gasteiger partial charge < -0.3 is 10.6 Å². The lowest BCUT2D eigenvalue weighted by molar-refractivity contribution is -0.116. The van der Waals surface area contributed by atoms with Gasteiger partial charge >= 0.3 is 6.03 Å². The van der Waals surface area contributed by atoms with Gasteiger partial charge in [-0.1, -0.05) is 29.8 Å². The Bertz CT molecular complexity index is 913. The first-order valence-corrected chi connectivity index (χ1v) is 9.47. The molecule has 0 aliphatic heterocycles. The second-order valence-corrected chi connectivity index (χ2v) is 6.94. The van der Waals surface area contributed by atoms with Gasteiger partial charge in [-0.25, -0.2) is 9.78 Å². The number of para-hydroxylation sites is 1. The van der Waals surface area contributed by atoms with E-state index in [9.17, 15) is 9.59 Å². The number of benzene rings is 2. The van der Waals surface area contributed by atoms with Crippen molar-refractivity contribution in [3.63, 3.8) is 0 Å². The van der Waals surface area contributed by atoms with E-state index in [-0.39, 0.29) is 11.9 Å². The second-order valence-electron chi connectivity index (χ2n) is 5.64. The van der Waals surface area contributed by atoms with Gasteiger partial charge in [0.2, 0.25) is 5.91 Å². The summed E-state index contributed by atoms with van der Waals surface area (Å²) in [7, 11) is 0. The number of aromatic nitrogens is 1. The molecule has 0 saturated heterocycles. The highest BCUT2D eigenvalue weighted by molar-refractivity contribution is 7.13. The number of anilines is 3. The molecule has 0 aliphatic carbocycles. The van der Waals surface area contributed by atoms with E-state index in [0.29, 0.717) is 34.4 Å². The molecule has 0 atom stereocenters. The first kappa shape index (κ1) is 18.9. The number of rotatable bonds is 6. The minimum absolute atomic E-state index is 0.110. The molecule has 0 unspecified atom stereocenters. The third-order valence-electron chi connectivity index (χ3n) is 3.54. The number of urea groups is 1. The summed E-state index contributed by atoms with van der Waals surface area (Å²) in [6.45, 7) is 0. The fourth-order valence-corrected chi connectivity index (χ4v) is 3.12. The number of nitrogens with one attached hydrogen (secondary N) is 3. The Balaban J connectivity index is 1.45. The molecule has 1 heterocycles. The molecule has 6 nitrogen and oxygen atoms in total. The molecule has 3 aromatic rings. The maximum absolute atomic E-state index is 12.0. The molecule has 3 N–H and O–H groups in total. The Morgan fingerprint density at radius 1 is 0.926 bits per heavy atom. The standard InChI is InChI=1S/C19H17ClN4O2S/c20-13-6-8-15(9-7-13)21-17(25)11-10-16-12-27-19(23-16)24-18(26)22-14-4-2-1-3-5-14/h1-9,12H,10-11H2,(H,21,25)(H2,22,23,24,26). The second kappa shape index (κ2) is 9.16. The zero-order valence-electron chi connectivity index (χ0n) is 14.2. The van der Waals surface area contributed by atoms with Gasteiger partial charge in [-0.2, -0.15) is 0 Å². The minimum Gasteiger partial charge on any atom is -0.326 e. The van der Waals surface area contributed by atoms with E-state index in [1.54, 1.807) is 36.4 Å². The van der Waals surface area contributed by atoms with E-state index >= 15 is 0 Å². The molecule has 0 radical (unpaired) electrons. The van der Waals surface area contributed by atoms with Crippen LogP contribution in [-0.4, -0.2) is 16.9 Å². The van der Waals surface area contributed by atoms with Crippen LogP contribution in [0.15, 0.2) is 60.0 Å². The third kappa shape index (κ3) is 6.09. The summed E-state index contributed by atoms with van der Waals surface area (Å²) in [6, 6.07) is 15.7. The van der Waals surface area contributed by atoms with E-state index in [1.807, 2.05) is 23.6 Å². The van der Waals surface area contributed by atoms with Crippen molar-refractivity contribution in [2.75, 3.05) is 16.0 Å². The van der Waals surface area contributed by atoms with Crippen LogP contribution in [0.3, 0.4) is 0 Å². The zero-order valence-corrected chi connectivity index (χ0v) is 15.8. The molecule has 1 aromatic heterocycles. The van der Waals surface area contributed by atoms with Crippen LogP contribution < -0.4 is 16.0 Å². The van der Waals surface area contributed by atoms with Crippen molar-refractivity contribution in [2.24, 2.45) is 0 Å². The number of carbonyl (C=O) groups excluding carboxylic acids is 2. The molecule has 2 aromatic carbocycles. The van der Waals surface area contributed by atoms with Crippen molar-refractivity contribution < 1.29 is 9.59 Å². The molecule has 0 bridgehead atoms. The predicted molar refractivity (Wildman–Crippen MR) is 110 cm³/mol. The Labute approximate surface area is 165 Å². The summed E-state index contributed by atoms with van der Waals surface area (Å²) >= 11 is 7.14. The van der Waals surface area contributed by atoms with E-state index < -0.39 is 0 Å². The average Bonchev–Trinajstić information content (AvgIpc) is 3.10. The molecule has 3 rings (SSSR count). The molecule has 3 amide bonds. The summed E-state index contributed by atoms with van der Waals surface area (Å²) in [5.74, 6) is -0.110. The number of nitrogens with zero attached hydrogens (tertiary/aromatic N) is 1. The van der Waals surface area contributed by atoms with Crippen LogP contribution in [0.2, 0.25) is 5.02 Å². The average molecular weight is 401 g/mol. The van der Waals surface area contributed by atoms with E-state index in [1.165, 1.54) is 11.3 Å². The maximum Gasteiger partial charge on any atom is 0.325 e. The summed E-state index contributed by atoms with van der Waals surface area (Å²) in [5, 5.41) is 11.1. The SMILES string of the molecule is O=C(CCc1csc(NC(=O)Nc2ccccc2)n1)Nc1ccc(Cl)cc1. The Morgan fingerprint density at radius 2 is 1.63 bits per heavy atom. The van der Waals surface area contributed by atoms with Crippen molar-refractivity contribution in [3.8, 4) is 0 Å². The van der Waals surface area contributed by atoms with Gasteiger partial charge in [0.15, 0.2) is 5.13 Å². The molecule has 138 valence electrons. The quantitative estimate of drug-likeness (QED) is 0.543. The monoisotopic (exact) mass is 400 g/mol. The molecule has 0 aliphatic rings. The number of halogens is 1. The number of amides is 3. The van der Waals surface area contributed by atoms with E-state index in [2.05, 4.69) is 20.9 Å². The Hall–Kier alpha value is -2.90. The van der Waals surface area contributed by atoms with Crippen LogP contribution in [0.25, 0.3) is 0 Å². The highest BCUT2D eigenvalue weighted by Crippen LogP contribution is 2.18. The number of aryl methyl sites for hydroxylation is 1. The lowest BCUT2D eigenvalue weighted by Crippen LogP contribution is -2.19. The van der Waals surface area contributed by atoms with Gasteiger partial charge in [-0.05, 0) is 42.8 Å². The molecular formula is C19H17ClN4O2S. The van der Waals surface area contributed by atoms with Crippen molar-refractivity contribution in [3.05, 3.63) is 70.7 Å². The smallest absolute Gasteiger partial charge is 0.325 e. The highest BCUT2D eigenvalue weighted by atomic mass is 35.5. The van der Waals surface area contributed by atoms with E-state index in [0.717, 1.165) is 5.69 Å². The number of thiazole rings is 1. The number of hydrogen-bond acceptors (Lipinski definition) is 4. The number of carbonyl (C=O) groups is 2. The van der Waals surface area contributed by atoms with Gasteiger partial charge in [-0.15, -0.1) is 11.3 Å². The summed E-state index contributed by atoms with van der Waals surface area (Å²) in [6.07, 6.45) is 0.778. The summed E-state index contributed by atoms with van der Waals surface area (Å²) in [4.78, 5) is 28.3. The molecule has 8 heteroatoms. The minimum atomic E-state index is -0.359. The van der Waals surface area contributed by atoms with Crippen LogP contribution in [0, 0.1) is 0 Å². The van der Waals surface area contributed by atoms with Crippen LogP contribution >= 0.6 is 22.9 Å². The molecule has 0 saturated carbocycles. The number of hydrogen-bond donors (Lipinski definition) is 3. The Kier molecular flexibility index (Phi) is 6.40. The summed E-state index contributed by atoms with van der Waals surface area (Å²) < 4.78 is 0. The van der Waals surface area contributed by atoms with Crippen molar-refractivity contribution in [1.82, 2.24) is 4.98 Å². The van der Waals surface area contributed by atoms with Crippen molar-refractivity contribution in [1.29, 1.82) is 0 Å². The molecule has 0 spiro atoms. The van der Waals surface area contributed by atoms with Crippen LogP contribution in [0.4, 0.5) is 21.3 Å². The first-order valence-electron chi connectivity index (χ1n) is 8.21. The lowest BCUT2D eigenvalue weighted by atomic mass is 10.2. The highest BCUT2D eigenvalue weighted by Gasteiger charge is 2.09. The maximum atomic E-state index is 12.0. The zero-order chi connectivity index (χ0) is 19.1. The topological polar surface area (TPSA) is 83.1 Å². The fraction of sp³-hybridized carbons (Fsp3) is 0.105. The lowest BCUT2D eigenvalue weighted by Gasteiger charge is -2.05. The largest absolute Gasteiger partial charge is 0.326 e. The summed E-state index contributed by atoms with van der Waals surface area (Å²) in [5.41, 5.74) is 2.15. The van der Waals surface area contributed by atoms with Crippen molar-refractivity contribution >= 4 is 51.4 Å². The first-order chi connectivity index (χ1) is 13.1. The van der Waals surface area contributed by atoms with Crippen LogP contribution in [0.1, 0.15) is 12.1 Å². The van der Waals surface area contributed by atoms with Gasteiger partial charge in [0.25, 0.3) is 0 Å². The van der Waals surface area contributed by atoms with Gasteiger partial charge in [0.1, 0.15) is 0 Å². The van der Waals surface area contributed by atoms with Crippen molar-refractivity contribution in [2.45, 2.75) is 12.8 Å². The van der Waals surface area contributed by atoms with Gasteiger partial charge in [-0.3, -0.25) is 10.1 Å². The third-order valence-corrected chi connectivity index (χ3v) is 4.60. The molecular weight excluding hydrogens is 384 g/mol.